The monoisotopic (exact) mass is 370 g/mol. The van der Waals surface area contributed by atoms with E-state index in [-0.39, 0.29) is 23.8 Å². The van der Waals surface area contributed by atoms with E-state index in [0.29, 0.717) is 0 Å². The predicted octanol–water partition coefficient (Wildman–Crippen LogP) is -6.51. The second-order valence-corrected chi connectivity index (χ2v) is 2.98. The van der Waals surface area contributed by atoms with Crippen LogP contribution in [0.5, 0.6) is 0 Å². The van der Waals surface area contributed by atoms with Crippen LogP contribution in [0.4, 0.5) is 0 Å². The number of nitrogens with two attached hydrogens (primary N) is 10. The van der Waals surface area contributed by atoms with Crippen LogP contribution in [0.25, 0.3) is 0 Å². The lowest BCUT2D eigenvalue weighted by atomic mass is 10.5. The number of rotatable bonds is 2. The molecule has 0 atom stereocenters. The zero-order valence-corrected chi connectivity index (χ0v) is 13.1. The summed E-state index contributed by atoms with van der Waals surface area (Å²) in [5.41, 5.74) is 36.7. The van der Waals surface area contributed by atoms with Crippen LogP contribution < -0.4 is 57.6 Å². The maximum atomic E-state index is 9.43. The fourth-order valence-electron chi connectivity index (χ4n) is 0.129. The first-order valence-corrected chi connectivity index (χ1v) is 5.34. The van der Waals surface area contributed by atoms with Crippen LogP contribution in [0.2, 0.25) is 0 Å². The first kappa shape index (κ1) is 32.5. The number of hydrogen-bond acceptors (Lipinski definition) is 8. The Bertz CT molecular complexity index is 390. The van der Waals surface area contributed by atoms with Gasteiger partial charge in [-0.25, -0.2) is 0 Å². The van der Waals surface area contributed by atoms with E-state index < -0.39 is 18.4 Å². The van der Waals surface area contributed by atoms with Crippen LogP contribution in [-0.4, -0.2) is 46.0 Å². The van der Waals surface area contributed by atoms with E-state index in [4.69, 9.17) is 44.0 Å². The van der Waals surface area contributed by atoms with Crippen molar-refractivity contribution in [2.45, 2.75) is 6.42 Å². The van der Waals surface area contributed by atoms with E-state index in [1.165, 1.54) is 0 Å². The number of aliphatic carboxylic acids is 2. The summed E-state index contributed by atoms with van der Waals surface area (Å²) < 4.78 is 0. The quantitative estimate of drug-likeness (QED) is 0.0705. The van der Waals surface area contributed by atoms with Crippen LogP contribution in [0.1, 0.15) is 6.42 Å². The van der Waals surface area contributed by atoms with Gasteiger partial charge in [0, 0.05) is 0 Å². The number of hydrazone groups is 2. The summed E-state index contributed by atoms with van der Waals surface area (Å²) in [7, 11) is 0. The van der Waals surface area contributed by atoms with Crippen molar-refractivity contribution in [3.8, 4) is 0 Å². The van der Waals surface area contributed by atoms with Gasteiger partial charge in [-0.3, -0.25) is 20.4 Å². The molecule has 0 aromatic rings. The molecule has 0 rings (SSSR count). The Morgan fingerprint density at radius 2 is 0.800 bits per heavy atom. The van der Waals surface area contributed by atoms with Crippen LogP contribution in [0, 0.1) is 10.8 Å². The summed E-state index contributed by atoms with van der Waals surface area (Å²) in [6, 6.07) is 0. The molecule has 0 unspecified atom stereocenters. The van der Waals surface area contributed by atoms with Crippen molar-refractivity contribution in [1.29, 1.82) is 10.8 Å². The van der Waals surface area contributed by atoms with Gasteiger partial charge in [0.15, 0.2) is 11.9 Å². The third-order valence-corrected chi connectivity index (χ3v) is 0.601. The highest BCUT2D eigenvalue weighted by atomic mass is 16.4. The standard InChI is InChI=1S/C3H4O4.2CH6N4.2CH5N3/c4-2(5)1-3(6)7;2*2-1(3)5-4;2*2-1(3)4/h1H2,(H,4,5)(H,6,7);2*4H2,(H4,2,3,5);2*(H5,2,3,4). The van der Waals surface area contributed by atoms with Gasteiger partial charge >= 0.3 is 11.9 Å². The molecular weight excluding hydrogens is 344 g/mol. The number of carbonyl (C=O) groups is 2. The van der Waals surface area contributed by atoms with Gasteiger partial charge in [-0.1, -0.05) is 0 Å². The Morgan fingerprint density at radius 3 is 0.800 bits per heavy atom. The fraction of sp³-hybridized carbons (Fsp3) is 0.143. The average Bonchev–Trinajstić information content (AvgIpc) is 2.36. The molecule has 0 fully saturated rings. The summed E-state index contributed by atoms with van der Waals surface area (Å²) in [6.45, 7) is 0. The minimum atomic E-state index is -1.31. The maximum Gasteiger partial charge on any atom is 0.314 e. The molecule has 18 nitrogen and oxygen atoms in total. The third kappa shape index (κ3) is 465. The van der Waals surface area contributed by atoms with Crippen molar-refractivity contribution in [2.24, 2.45) is 67.8 Å². The van der Waals surface area contributed by atoms with Gasteiger partial charge in [-0.15, -0.1) is 10.2 Å². The highest BCUT2D eigenvalue weighted by Gasteiger charge is 2.01. The number of carboxylic acids is 2. The van der Waals surface area contributed by atoms with Gasteiger partial charge < -0.3 is 67.8 Å². The molecule has 0 amide bonds. The summed E-state index contributed by atoms with van der Waals surface area (Å²) in [5, 5.41) is 33.2. The molecule has 0 aromatic carbocycles. The maximum absolute atomic E-state index is 9.43. The van der Waals surface area contributed by atoms with Crippen LogP contribution in [-0.2, 0) is 9.59 Å². The second kappa shape index (κ2) is 24.6. The molecule has 0 aromatic heterocycles. The van der Waals surface area contributed by atoms with Crippen molar-refractivity contribution in [3.63, 3.8) is 0 Å². The van der Waals surface area contributed by atoms with Crippen molar-refractivity contribution < 1.29 is 19.8 Å². The van der Waals surface area contributed by atoms with E-state index in [1.807, 2.05) is 0 Å². The zero-order chi connectivity index (χ0) is 21.6. The summed E-state index contributed by atoms with van der Waals surface area (Å²) in [6.07, 6.45) is -0.806. The number of hydrogen-bond donors (Lipinski definition) is 14. The number of nitrogens with one attached hydrogen (secondary N) is 2. The molecule has 0 radical (unpaired) electrons. The third-order valence-electron chi connectivity index (χ3n) is 0.601. The second-order valence-electron chi connectivity index (χ2n) is 2.98. The largest absolute Gasteiger partial charge is 0.481 e. The van der Waals surface area contributed by atoms with E-state index in [2.05, 4.69) is 44.8 Å². The lowest BCUT2D eigenvalue weighted by molar-refractivity contribution is -0.147. The molecule has 25 heavy (non-hydrogen) atoms. The minimum absolute atomic E-state index is 0.0926. The molecule has 0 saturated carbocycles. The molecule has 24 N–H and O–H groups in total. The minimum Gasteiger partial charge on any atom is -0.481 e. The normalized spacial score (nSPS) is 6.72. The van der Waals surface area contributed by atoms with Gasteiger partial charge in [0.05, 0.1) is 0 Å². The Kier molecular flexibility index (Phi) is 32.0. The van der Waals surface area contributed by atoms with Gasteiger partial charge in [-0.2, -0.15) is 0 Å². The van der Waals surface area contributed by atoms with Crippen LogP contribution in [0.3, 0.4) is 0 Å². The van der Waals surface area contributed by atoms with Crippen molar-refractivity contribution in [1.82, 2.24) is 0 Å². The molecule has 0 saturated heterocycles. The Morgan fingerprint density at radius 1 is 0.680 bits per heavy atom. The number of guanidine groups is 4. The van der Waals surface area contributed by atoms with E-state index in [0.717, 1.165) is 0 Å². The predicted molar refractivity (Wildman–Crippen MR) is 92.1 cm³/mol. The van der Waals surface area contributed by atoms with Gasteiger partial charge in [0.1, 0.15) is 6.42 Å². The van der Waals surface area contributed by atoms with Crippen LogP contribution >= 0.6 is 0 Å². The summed E-state index contributed by atoms with van der Waals surface area (Å²) >= 11 is 0. The topological polar surface area (TPSA) is 407 Å². The smallest absolute Gasteiger partial charge is 0.314 e. The molecule has 0 aliphatic carbocycles. The first-order chi connectivity index (χ1) is 11.1. The molecule has 0 heterocycles. The highest BCUT2D eigenvalue weighted by molar-refractivity contribution is 5.88. The SMILES string of the molecule is N=C(N)N.N=C(N)N.NN=C(N)N.NN=C(N)N.O=C(O)CC(=O)O. The van der Waals surface area contributed by atoms with Gasteiger partial charge in [0.2, 0.25) is 11.9 Å². The van der Waals surface area contributed by atoms with Gasteiger partial charge in [0.25, 0.3) is 0 Å². The molecule has 0 aliphatic rings. The van der Waals surface area contributed by atoms with Crippen molar-refractivity contribution >= 4 is 35.8 Å². The summed E-state index contributed by atoms with van der Waals surface area (Å²) in [5.74, 6) is 5.54. The molecule has 0 aliphatic heterocycles. The molecule has 18 heteroatoms. The number of carboxylic acid groups (broad SMARTS) is 2. The summed E-state index contributed by atoms with van der Waals surface area (Å²) in [4.78, 5) is 18.9. The van der Waals surface area contributed by atoms with Gasteiger partial charge in [-0.05, 0) is 0 Å². The van der Waals surface area contributed by atoms with Crippen LogP contribution in [0.15, 0.2) is 10.2 Å². The lowest BCUT2D eigenvalue weighted by Crippen LogP contribution is -2.23. The Balaban J connectivity index is -0.0000000679. The van der Waals surface area contributed by atoms with E-state index >= 15 is 0 Å². The van der Waals surface area contributed by atoms with E-state index in [1.54, 1.807) is 0 Å². The Hall–Kier alpha value is -4.38. The van der Waals surface area contributed by atoms with E-state index in [9.17, 15) is 9.59 Å². The van der Waals surface area contributed by atoms with Crippen molar-refractivity contribution in [2.75, 3.05) is 0 Å². The number of nitrogens with zero attached hydrogens (tertiary/aromatic N) is 2. The average molecular weight is 370 g/mol. The Labute approximate surface area is 141 Å². The highest BCUT2D eigenvalue weighted by Crippen LogP contribution is 1.74. The molecule has 0 spiro atoms. The fourth-order valence-corrected chi connectivity index (χ4v) is 0.129. The lowest BCUT2D eigenvalue weighted by Gasteiger charge is -1.80. The molecule has 0 bridgehead atoms. The molecular formula is C7H26N14O4. The first-order valence-electron chi connectivity index (χ1n) is 5.34. The van der Waals surface area contributed by atoms with Crippen molar-refractivity contribution in [3.05, 3.63) is 0 Å². The zero-order valence-electron chi connectivity index (χ0n) is 13.1. The molecule has 148 valence electrons.